The van der Waals surface area contributed by atoms with Gasteiger partial charge in [0, 0.05) is 11.6 Å². The second kappa shape index (κ2) is 8.93. The standard InChI is InChI=1S/C15H34N2/c1-7-9-12-17(14(3)8-2)13-10-11-16-15(4,5)6/h14,16H,7-13H2,1-6H3. The van der Waals surface area contributed by atoms with Crippen molar-refractivity contribution in [3.8, 4) is 0 Å². The van der Waals surface area contributed by atoms with Crippen molar-refractivity contribution in [3.63, 3.8) is 0 Å². The van der Waals surface area contributed by atoms with Crippen LogP contribution in [0.3, 0.4) is 0 Å². The van der Waals surface area contributed by atoms with Gasteiger partial charge in [0.05, 0.1) is 0 Å². The fraction of sp³-hybridized carbons (Fsp3) is 1.00. The smallest absolute Gasteiger partial charge is 0.00965 e. The van der Waals surface area contributed by atoms with E-state index < -0.39 is 0 Å². The highest BCUT2D eigenvalue weighted by Crippen LogP contribution is 2.07. The molecular weight excluding hydrogens is 208 g/mol. The summed E-state index contributed by atoms with van der Waals surface area (Å²) in [6.07, 6.45) is 5.14. The van der Waals surface area contributed by atoms with Gasteiger partial charge in [0.25, 0.3) is 0 Å². The third-order valence-corrected chi connectivity index (χ3v) is 3.29. The third-order valence-electron chi connectivity index (χ3n) is 3.29. The van der Waals surface area contributed by atoms with E-state index in [4.69, 9.17) is 0 Å². The molecule has 2 nitrogen and oxygen atoms in total. The van der Waals surface area contributed by atoms with Crippen molar-refractivity contribution in [2.45, 2.75) is 78.8 Å². The van der Waals surface area contributed by atoms with Crippen molar-refractivity contribution in [2.75, 3.05) is 19.6 Å². The molecule has 0 aliphatic carbocycles. The molecule has 0 bridgehead atoms. The first-order valence-corrected chi connectivity index (χ1v) is 7.39. The molecule has 0 aromatic heterocycles. The summed E-state index contributed by atoms with van der Waals surface area (Å²) in [6.45, 7) is 17.2. The number of rotatable bonds is 9. The van der Waals surface area contributed by atoms with Gasteiger partial charge in [-0.05, 0) is 66.6 Å². The molecule has 1 unspecified atom stereocenters. The van der Waals surface area contributed by atoms with E-state index in [0.717, 1.165) is 12.6 Å². The first-order valence-electron chi connectivity index (χ1n) is 7.39. The van der Waals surface area contributed by atoms with Crippen LogP contribution in [0.25, 0.3) is 0 Å². The zero-order valence-electron chi connectivity index (χ0n) is 13.0. The average molecular weight is 242 g/mol. The molecule has 0 aromatic carbocycles. The molecule has 0 amide bonds. The van der Waals surface area contributed by atoms with E-state index >= 15 is 0 Å². The van der Waals surface area contributed by atoms with Gasteiger partial charge in [-0.15, -0.1) is 0 Å². The van der Waals surface area contributed by atoms with E-state index in [9.17, 15) is 0 Å². The summed E-state index contributed by atoms with van der Waals surface area (Å²) in [6, 6.07) is 0.733. The highest BCUT2D eigenvalue weighted by Gasteiger charge is 2.12. The van der Waals surface area contributed by atoms with Gasteiger partial charge < -0.3 is 10.2 Å². The molecule has 1 N–H and O–H groups in total. The minimum absolute atomic E-state index is 0.255. The highest BCUT2D eigenvalue weighted by molar-refractivity contribution is 4.71. The van der Waals surface area contributed by atoms with Crippen molar-refractivity contribution < 1.29 is 0 Å². The third kappa shape index (κ3) is 9.61. The first-order chi connectivity index (χ1) is 7.90. The summed E-state index contributed by atoms with van der Waals surface area (Å²) in [5.41, 5.74) is 0.255. The lowest BCUT2D eigenvalue weighted by atomic mass is 10.1. The van der Waals surface area contributed by atoms with Crippen LogP contribution in [0.2, 0.25) is 0 Å². The van der Waals surface area contributed by atoms with Crippen molar-refractivity contribution >= 4 is 0 Å². The Hall–Kier alpha value is -0.0800. The Kier molecular flexibility index (Phi) is 8.89. The molecule has 0 saturated heterocycles. The Morgan fingerprint density at radius 1 is 1.06 bits per heavy atom. The summed E-state index contributed by atoms with van der Waals surface area (Å²) >= 11 is 0. The van der Waals surface area contributed by atoms with Gasteiger partial charge in [-0.1, -0.05) is 20.3 Å². The Morgan fingerprint density at radius 2 is 1.65 bits per heavy atom. The molecule has 104 valence electrons. The lowest BCUT2D eigenvalue weighted by Crippen LogP contribution is -2.39. The van der Waals surface area contributed by atoms with Crippen LogP contribution < -0.4 is 5.32 Å². The van der Waals surface area contributed by atoms with E-state index in [2.05, 4.69) is 51.8 Å². The monoisotopic (exact) mass is 242 g/mol. The summed E-state index contributed by atoms with van der Waals surface area (Å²) in [5, 5.41) is 3.56. The van der Waals surface area contributed by atoms with Gasteiger partial charge in [0.2, 0.25) is 0 Å². The van der Waals surface area contributed by atoms with Gasteiger partial charge in [-0.3, -0.25) is 0 Å². The SMILES string of the molecule is CCCCN(CCCNC(C)(C)C)C(C)CC. The van der Waals surface area contributed by atoms with Crippen LogP contribution in [0.15, 0.2) is 0 Å². The van der Waals surface area contributed by atoms with E-state index in [-0.39, 0.29) is 5.54 Å². The second-order valence-electron chi connectivity index (χ2n) is 6.18. The predicted octanol–water partition coefficient (Wildman–Crippen LogP) is 3.67. The first kappa shape index (κ1) is 16.9. The summed E-state index contributed by atoms with van der Waals surface area (Å²) < 4.78 is 0. The van der Waals surface area contributed by atoms with Gasteiger partial charge in [-0.25, -0.2) is 0 Å². The Labute approximate surface area is 109 Å². The van der Waals surface area contributed by atoms with E-state index in [1.807, 2.05) is 0 Å². The molecule has 0 aliphatic rings. The van der Waals surface area contributed by atoms with Crippen LogP contribution >= 0.6 is 0 Å². The molecule has 2 heteroatoms. The summed E-state index contributed by atoms with van der Waals surface area (Å²) in [5.74, 6) is 0. The molecule has 0 heterocycles. The molecule has 0 fully saturated rings. The van der Waals surface area contributed by atoms with Crippen molar-refractivity contribution in [3.05, 3.63) is 0 Å². The van der Waals surface area contributed by atoms with Crippen molar-refractivity contribution in [1.82, 2.24) is 10.2 Å². The number of hydrogen-bond acceptors (Lipinski definition) is 2. The Morgan fingerprint density at radius 3 is 2.12 bits per heavy atom. The lowest BCUT2D eigenvalue weighted by molar-refractivity contribution is 0.196. The highest BCUT2D eigenvalue weighted by atomic mass is 15.1. The van der Waals surface area contributed by atoms with Crippen LogP contribution in [-0.2, 0) is 0 Å². The fourth-order valence-electron chi connectivity index (χ4n) is 1.92. The average Bonchev–Trinajstić information content (AvgIpc) is 2.25. The summed E-state index contributed by atoms with van der Waals surface area (Å²) in [7, 11) is 0. The molecule has 1 atom stereocenters. The minimum Gasteiger partial charge on any atom is -0.312 e. The minimum atomic E-state index is 0.255. The maximum atomic E-state index is 3.56. The molecular formula is C15H34N2. The Bertz CT molecular complexity index is 172. The van der Waals surface area contributed by atoms with Gasteiger partial charge in [0.1, 0.15) is 0 Å². The van der Waals surface area contributed by atoms with E-state index in [1.165, 1.54) is 38.8 Å². The zero-order chi connectivity index (χ0) is 13.3. The fourth-order valence-corrected chi connectivity index (χ4v) is 1.92. The molecule has 0 aliphatic heterocycles. The predicted molar refractivity (Wildman–Crippen MR) is 78.6 cm³/mol. The topological polar surface area (TPSA) is 15.3 Å². The molecule has 17 heavy (non-hydrogen) atoms. The molecule has 0 aromatic rings. The largest absolute Gasteiger partial charge is 0.312 e. The lowest BCUT2D eigenvalue weighted by Gasteiger charge is -2.29. The van der Waals surface area contributed by atoms with Crippen LogP contribution in [0.4, 0.5) is 0 Å². The second-order valence-corrected chi connectivity index (χ2v) is 6.18. The molecule has 0 radical (unpaired) electrons. The number of nitrogens with one attached hydrogen (secondary N) is 1. The van der Waals surface area contributed by atoms with Gasteiger partial charge in [-0.2, -0.15) is 0 Å². The van der Waals surface area contributed by atoms with Crippen molar-refractivity contribution in [1.29, 1.82) is 0 Å². The Balaban J connectivity index is 3.83. The van der Waals surface area contributed by atoms with E-state index in [1.54, 1.807) is 0 Å². The van der Waals surface area contributed by atoms with E-state index in [0.29, 0.717) is 0 Å². The number of unbranched alkanes of at least 4 members (excludes halogenated alkanes) is 1. The quantitative estimate of drug-likeness (QED) is 0.621. The molecule has 0 saturated carbocycles. The normalized spacial score (nSPS) is 14.3. The zero-order valence-corrected chi connectivity index (χ0v) is 13.0. The van der Waals surface area contributed by atoms with Gasteiger partial charge in [0.15, 0.2) is 0 Å². The van der Waals surface area contributed by atoms with Crippen molar-refractivity contribution in [2.24, 2.45) is 0 Å². The van der Waals surface area contributed by atoms with Crippen LogP contribution in [0.1, 0.15) is 67.2 Å². The number of hydrogen-bond donors (Lipinski definition) is 1. The van der Waals surface area contributed by atoms with Crippen LogP contribution in [0, 0.1) is 0 Å². The molecule has 0 rings (SSSR count). The number of nitrogens with zero attached hydrogens (tertiary/aromatic N) is 1. The maximum absolute atomic E-state index is 3.56. The van der Waals surface area contributed by atoms with Crippen LogP contribution in [0.5, 0.6) is 0 Å². The van der Waals surface area contributed by atoms with Crippen LogP contribution in [-0.4, -0.2) is 36.1 Å². The molecule has 0 spiro atoms. The summed E-state index contributed by atoms with van der Waals surface area (Å²) in [4.78, 5) is 2.65. The maximum Gasteiger partial charge on any atom is 0.00965 e. The van der Waals surface area contributed by atoms with Gasteiger partial charge >= 0.3 is 0 Å².